The fraction of sp³-hybridized carbons (Fsp3) is 0.650. The zero-order valence-electron chi connectivity index (χ0n) is 17.4. The average molecular weight is 473 g/mol. The number of alkyl halides is 2. The second-order valence-corrected chi connectivity index (χ2v) is 10.8. The second-order valence-electron chi connectivity index (χ2n) is 8.93. The van der Waals surface area contributed by atoms with Gasteiger partial charge < -0.3 is 20.5 Å². The topological polar surface area (TPSA) is 114 Å². The molecule has 1 aromatic rings. The van der Waals surface area contributed by atoms with E-state index in [1.807, 2.05) is 0 Å². The Balaban J connectivity index is 1.24. The predicted molar refractivity (Wildman–Crippen MR) is 109 cm³/mol. The maximum Gasteiger partial charge on any atom is 0.586 e. The van der Waals surface area contributed by atoms with Crippen molar-refractivity contribution in [2.45, 2.75) is 69.0 Å². The summed E-state index contributed by atoms with van der Waals surface area (Å²) >= 11 is 0. The number of nitrogens with two attached hydrogens (primary N) is 1. The molecule has 3 atom stereocenters. The van der Waals surface area contributed by atoms with E-state index in [1.165, 1.54) is 22.5 Å². The third kappa shape index (κ3) is 3.93. The lowest BCUT2D eigenvalue weighted by Gasteiger charge is -2.41. The van der Waals surface area contributed by atoms with Crippen molar-refractivity contribution < 1.29 is 31.5 Å². The van der Waals surface area contributed by atoms with Crippen molar-refractivity contribution >= 4 is 16.1 Å². The van der Waals surface area contributed by atoms with E-state index < -0.39 is 22.4 Å². The number of piperidine rings is 2. The Labute approximate surface area is 185 Å². The molecule has 32 heavy (non-hydrogen) atoms. The van der Waals surface area contributed by atoms with E-state index >= 15 is 0 Å². The summed E-state index contributed by atoms with van der Waals surface area (Å²) in [5.41, 5.74) is 6.09. The van der Waals surface area contributed by atoms with Crippen LogP contribution in [0.2, 0.25) is 0 Å². The molecule has 0 aliphatic carbocycles. The summed E-state index contributed by atoms with van der Waals surface area (Å²) in [7, 11) is -3.57. The smallest absolute Gasteiger partial charge is 0.395 e. The van der Waals surface area contributed by atoms with Crippen LogP contribution in [-0.2, 0) is 10.2 Å². The van der Waals surface area contributed by atoms with Gasteiger partial charge in [-0.1, -0.05) is 0 Å². The Morgan fingerprint density at radius 1 is 1.06 bits per heavy atom. The summed E-state index contributed by atoms with van der Waals surface area (Å²) in [5, 5.41) is 2.93. The van der Waals surface area contributed by atoms with E-state index in [-0.39, 0.29) is 41.2 Å². The molecule has 9 nitrogen and oxygen atoms in total. The Hall–Kier alpha value is -2.02. The number of hydrogen-bond donors (Lipinski definition) is 2. The molecular weight excluding hydrogens is 446 g/mol. The number of hydrogen-bond acceptors (Lipinski definition) is 6. The lowest BCUT2D eigenvalue weighted by molar-refractivity contribution is -0.286. The van der Waals surface area contributed by atoms with Crippen LogP contribution < -0.4 is 20.5 Å². The molecule has 0 saturated carbocycles. The summed E-state index contributed by atoms with van der Waals surface area (Å²) in [5.74, 6) is -0.732. The van der Waals surface area contributed by atoms with Gasteiger partial charge in [0.25, 0.3) is 16.1 Å². The van der Waals surface area contributed by atoms with Gasteiger partial charge in [0.05, 0.1) is 0 Å². The fourth-order valence-corrected chi connectivity index (χ4v) is 7.30. The highest BCUT2D eigenvalue weighted by molar-refractivity contribution is 7.86. The minimum Gasteiger partial charge on any atom is -0.395 e. The van der Waals surface area contributed by atoms with Crippen LogP contribution in [-0.4, -0.2) is 66.5 Å². The van der Waals surface area contributed by atoms with Crippen molar-refractivity contribution in [1.82, 2.24) is 13.9 Å². The lowest BCUT2D eigenvalue weighted by Crippen LogP contribution is -2.57. The van der Waals surface area contributed by atoms with Gasteiger partial charge in [0, 0.05) is 42.8 Å². The molecule has 3 saturated heterocycles. The Morgan fingerprint density at radius 2 is 1.69 bits per heavy atom. The zero-order valence-corrected chi connectivity index (χ0v) is 18.2. The molecule has 0 radical (unpaired) electrons. The molecule has 12 heteroatoms. The van der Waals surface area contributed by atoms with Crippen molar-refractivity contribution in [2.75, 3.05) is 13.1 Å². The molecule has 3 fully saturated rings. The largest absolute Gasteiger partial charge is 0.586 e. The van der Waals surface area contributed by atoms with Crippen LogP contribution in [0.1, 0.15) is 48.9 Å². The number of nitrogens with one attached hydrogen (secondary N) is 1. The lowest BCUT2D eigenvalue weighted by atomic mass is 9.99. The molecule has 0 aromatic heterocycles. The monoisotopic (exact) mass is 472 g/mol. The van der Waals surface area contributed by atoms with Gasteiger partial charge in [0.2, 0.25) is 0 Å². The van der Waals surface area contributed by atoms with E-state index in [0.29, 0.717) is 38.8 Å². The van der Waals surface area contributed by atoms with Crippen LogP contribution in [0, 0.1) is 0 Å². The number of fused-ring (bicyclic) bond motifs is 3. The molecular formula is C20H26F2N4O5S. The van der Waals surface area contributed by atoms with Crippen molar-refractivity contribution in [3.05, 3.63) is 23.8 Å². The summed E-state index contributed by atoms with van der Waals surface area (Å²) in [4.78, 5) is 12.7. The van der Waals surface area contributed by atoms with E-state index in [0.717, 1.165) is 12.8 Å². The minimum atomic E-state index is -3.74. The number of carbonyl (C=O) groups is 1. The van der Waals surface area contributed by atoms with Gasteiger partial charge in [-0.25, -0.2) is 0 Å². The van der Waals surface area contributed by atoms with E-state index in [2.05, 4.69) is 14.8 Å². The normalized spacial score (nSPS) is 30.4. The van der Waals surface area contributed by atoms with Gasteiger partial charge in [-0.15, -0.1) is 8.78 Å². The minimum absolute atomic E-state index is 0.0431. The van der Waals surface area contributed by atoms with Crippen molar-refractivity contribution in [2.24, 2.45) is 5.73 Å². The average Bonchev–Trinajstić information content (AvgIpc) is 3.19. The van der Waals surface area contributed by atoms with E-state index in [1.54, 1.807) is 4.31 Å². The number of halogens is 2. The number of carbonyl (C=O) groups excluding carboxylic acids is 1. The van der Waals surface area contributed by atoms with Crippen LogP contribution in [0.4, 0.5) is 8.78 Å². The zero-order chi connectivity index (χ0) is 22.7. The molecule has 1 aromatic carbocycles. The molecule has 2 bridgehead atoms. The highest BCUT2D eigenvalue weighted by atomic mass is 32.2. The van der Waals surface area contributed by atoms with Crippen molar-refractivity contribution in [3.63, 3.8) is 0 Å². The standard InChI is InChI=1S/C20H26F2N4O5S/c21-20(22)30-17-4-1-12(9-18(17)31-20)19(27)24-14-10-15-2-3-16(11-14)26(15)32(28,29)25-7-5-13(23)6-8-25/h1,4,9,13-16H,2-3,5-8,10-11,23H2,(H,24,27)/t14-,15+,16-. The molecule has 176 valence electrons. The molecule has 5 rings (SSSR count). The van der Waals surface area contributed by atoms with Crippen LogP contribution in [0.5, 0.6) is 11.5 Å². The fourth-order valence-electron chi connectivity index (χ4n) is 5.23. The van der Waals surface area contributed by atoms with Gasteiger partial charge in [0.1, 0.15) is 0 Å². The number of rotatable bonds is 4. The maximum atomic E-state index is 13.3. The molecule has 0 unspecified atom stereocenters. The number of nitrogens with zero attached hydrogens (tertiary/aromatic N) is 2. The second kappa shape index (κ2) is 7.79. The number of amides is 1. The SMILES string of the molecule is NC1CCN(S(=O)(=O)N2[C@@H]3CC[C@H]2C[C@@H](NC(=O)c2ccc4c(c2)OC(F)(F)O4)C3)CC1. The van der Waals surface area contributed by atoms with Gasteiger partial charge in [0.15, 0.2) is 11.5 Å². The Bertz CT molecular complexity index is 1000. The quantitative estimate of drug-likeness (QED) is 0.685. The number of ether oxygens (including phenoxy) is 2. The van der Waals surface area contributed by atoms with Gasteiger partial charge >= 0.3 is 6.29 Å². The van der Waals surface area contributed by atoms with Crippen molar-refractivity contribution in [3.8, 4) is 11.5 Å². The molecule has 1 amide bonds. The first kappa shape index (κ1) is 21.8. The Kier molecular flexibility index (Phi) is 5.31. The van der Waals surface area contributed by atoms with Crippen molar-refractivity contribution in [1.29, 1.82) is 0 Å². The van der Waals surface area contributed by atoms with Crippen LogP contribution in [0.15, 0.2) is 18.2 Å². The summed E-state index contributed by atoms with van der Waals surface area (Å²) in [6, 6.07) is 3.39. The first-order valence-corrected chi connectivity index (χ1v) is 12.3. The molecule has 4 aliphatic rings. The summed E-state index contributed by atoms with van der Waals surface area (Å²) in [6.45, 7) is 0.867. The van der Waals surface area contributed by atoms with Gasteiger partial charge in [-0.05, 0) is 56.7 Å². The molecule has 0 spiro atoms. The highest BCUT2D eigenvalue weighted by Gasteiger charge is 2.49. The predicted octanol–water partition coefficient (Wildman–Crippen LogP) is 1.40. The van der Waals surface area contributed by atoms with Gasteiger partial charge in [-0.3, -0.25) is 4.79 Å². The molecule has 4 heterocycles. The maximum absolute atomic E-state index is 13.3. The van der Waals surface area contributed by atoms with Crippen LogP contribution in [0.3, 0.4) is 0 Å². The van der Waals surface area contributed by atoms with Crippen LogP contribution in [0.25, 0.3) is 0 Å². The molecule has 3 N–H and O–H groups in total. The first-order chi connectivity index (χ1) is 15.1. The van der Waals surface area contributed by atoms with E-state index in [9.17, 15) is 22.0 Å². The third-order valence-electron chi connectivity index (χ3n) is 6.76. The third-order valence-corrected chi connectivity index (χ3v) is 8.90. The van der Waals surface area contributed by atoms with Crippen LogP contribution >= 0.6 is 0 Å². The van der Waals surface area contributed by atoms with E-state index in [4.69, 9.17) is 5.73 Å². The first-order valence-electron chi connectivity index (χ1n) is 10.9. The number of benzene rings is 1. The summed E-state index contributed by atoms with van der Waals surface area (Å²) in [6.07, 6.45) is 0.0970. The summed E-state index contributed by atoms with van der Waals surface area (Å²) < 4.78 is 64.9. The highest BCUT2D eigenvalue weighted by Crippen LogP contribution is 2.42. The van der Waals surface area contributed by atoms with Gasteiger partial charge in [-0.2, -0.15) is 17.0 Å². The molecule has 4 aliphatic heterocycles. The Morgan fingerprint density at radius 3 is 2.34 bits per heavy atom.